The molecule has 0 saturated carbocycles. The summed E-state index contributed by atoms with van der Waals surface area (Å²) in [5, 5.41) is 17.9. The molecule has 0 amide bonds. The minimum Gasteiger partial charge on any atom is -0.454 e. The van der Waals surface area contributed by atoms with Gasteiger partial charge < -0.3 is 14.9 Å². The van der Waals surface area contributed by atoms with E-state index in [4.69, 9.17) is 26.6 Å². The van der Waals surface area contributed by atoms with Crippen LogP contribution in [0.1, 0.15) is 10.4 Å². The van der Waals surface area contributed by atoms with E-state index in [0.29, 0.717) is 10.6 Å². The summed E-state index contributed by atoms with van der Waals surface area (Å²) in [6, 6.07) is 6.14. The van der Waals surface area contributed by atoms with E-state index in [-0.39, 0.29) is 0 Å². The second-order valence-electron chi connectivity index (χ2n) is 2.90. The summed E-state index contributed by atoms with van der Waals surface area (Å²) in [6.07, 6.45) is -0.881. The monoisotopic (exact) mass is 230 g/mol. The normalized spacial score (nSPS) is 10.4. The molecule has 4 nitrogen and oxygen atoms in total. The van der Waals surface area contributed by atoms with Crippen molar-refractivity contribution in [3.63, 3.8) is 0 Å². The van der Waals surface area contributed by atoms with Crippen molar-refractivity contribution in [2.75, 3.05) is 13.2 Å². The Balaban J connectivity index is 2.64. The van der Waals surface area contributed by atoms with Crippen LogP contribution in [0.2, 0.25) is 5.02 Å². The van der Waals surface area contributed by atoms with E-state index >= 15 is 0 Å². The van der Waals surface area contributed by atoms with Gasteiger partial charge in [0.15, 0.2) is 0 Å². The second kappa shape index (κ2) is 5.70. The Morgan fingerprint density at radius 3 is 2.27 bits per heavy atom. The molecule has 0 atom stereocenters. The number of aliphatic hydroxyl groups excluding tert-OH is 2. The number of esters is 1. The van der Waals surface area contributed by atoms with Gasteiger partial charge in [-0.15, -0.1) is 0 Å². The molecule has 0 aliphatic carbocycles. The molecule has 82 valence electrons. The Hall–Kier alpha value is -1.10. The molecule has 1 aromatic rings. The lowest BCUT2D eigenvalue weighted by atomic mass is 10.2. The quantitative estimate of drug-likeness (QED) is 0.753. The summed E-state index contributed by atoms with van der Waals surface area (Å²) >= 11 is 5.64. The fourth-order valence-electron chi connectivity index (χ4n) is 0.938. The van der Waals surface area contributed by atoms with Crippen LogP contribution < -0.4 is 0 Å². The largest absolute Gasteiger partial charge is 0.454 e. The van der Waals surface area contributed by atoms with Gasteiger partial charge in [-0.3, -0.25) is 0 Å². The van der Waals surface area contributed by atoms with Crippen molar-refractivity contribution in [2.24, 2.45) is 0 Å². The summed E-state index contributed by atoms with van der Waals surface area (Å²) in [6.45, 7) is -0.814. The first-order chi connectivity index (χ1) is 7.17. The molecule has 0 aliphatic rings. The van der Waals surface area contributed by atoms with Gasteiger partial charge in [0.1, 0.15) is 6.10 Å². The number of rotatable bonds is 4. The van der Waals surface area contributed by atoms with Gasteiger partial charge in [0.25, 0.3) is 0 Å². The number of carbonyl (C=O) groups is 1. The van der Waals surface area contributed by atoms with Gasteiger partial charge in [0, 0.05) is 5.02 Å². The Labute approximate surface area is 92.1 Å². The van der Waals surface area contributed by atoms with E-state index in [1.807, 2.05) is 0 Å². The van der Waals surface area contributed by atoms with Gasteiger partial charge >= 0.3 is 5.97 Å². The zero-order valence-electron chi connectivity index (χ0n) is 7.89. The Kier molecular flexibility index (Phi) is 4.55. The number of hydrogen-bond acceptors (Lipinski definition) is 4. The SMILES string of the molecule is O=C(OC(CO)CO)c1ccc(Cl)cc1. The highest BCUT2D eigenvalue weighted by Gasteiger charge is 2.13. The van der Waals surface area contributed by atoms with Crippen molar-refractivity contribution in [1.29, 1.82) is 0 Å². The van der Waals surface area contributed by atoms with Gasteiger partial charge in [0.2, 0.25) is 0 Å². The van der Waals surface area contributed by atoms with Crippen molar-refractivity contribution < 1.29 is 19.7 Å². The van der Waals surface area contributed by atoms with Gasteiger partial charge in [-0.1, -0.05) is 11.6 Å². The summed E-state index contributed by atoms with van der Waals surface area (Å²) in [4.78, 5) is 11.4. The third-order valence-electron chi connectivity index (χ3n) is 1.76. The molecular weight excluding hydrogens is 220 g/mol. The zero-order chi connectivity index (χ0) is 11.3. The molecule has 0 fully saturated rings. The predicted molar refractivity (Wildman–Crippen MR) is 54.8 cm³/mol. The van der Waals surface area contributed by atoms with Crippen molar-refractivity contribution in [2.45, 2.75) is 6.10 Å². The highest BCUT2D eigenvalue weighted by atomic mass is 35.5. The summed E-state index contributed by atoms with van der Waals surface area (Å²) in [7, 11) is 0. The molecule has 1 aromatic carbocycles. The van der Waals surface area contributed by atoms with E-state index in [0.717, 1.165) is 0 Å². The lowest BCUT2D eigenvalue weighted by Gasteiger charge is -2.12. The molecule has 0 spiro atoms. The third-order valence-corrected chi connectivity index (χ3v) is 2.01. The first-order valence-electron chi connectivity index (χ1n) is 4.35. The molecule has 5 heteroatoms. The second-order valence-corrected chi connectivity index (χ2v) is 3.34. The molecule has 0 aromatic heterocycles. The summed E-state index contributed by atoms with van der Waals surface area (Å²) in [5.74, 6) is -0.597. The van der Waals surface area contributed by atoms with Crippen molar-refractivity contribution in [3.8, 4) is 0 Å². The average molecular weight is 231 g/mol. The first kappa shape index (κ1) is 12.0. The van der Waals surface area contributed by atoms with Gasteiger partial charge in [-0.05, 0) is 24.3 Å². The van der Waals surface area contributed by atoms with E-state index in [1.165, 1.54) is 12.1 Å². The van der Waals surface area contributed by atoms with Crippen LogP contribution in [0.4, 0.5) is 0 Å². The minimum absolute atomic E-state index is 0.325. The Morgan fingerprint density at radius 1 is 1.27 bits per heavy atom. The molecule has 1 rings (SSSR count). The maximum atomic E-state index is 11.4. The maximum Gasteiger partial charge on any atom is 0.338 e. The molecule has 0 unspecified atom stereocenters. The van der Waals surface area contributed by atoms with Crippen LogP contribution in [0.25, 0.3) is 0 Å². The van der Waals surface area contributed by atoms with E-state index in [9.17, 15) is 4.79 Å². The smallest absolute Gasteiger partial charge is 0.338 e. The highest BCUT2D eigenvalue weighted by molar-refractivity contribution is 6.30. The molecule has 2 N–H and O–H groups in total. The zero-order valence-corrected chi connectivity index (χ0v) is 8.65. The number of benzene rings is 1. The van der Waals surface area contributed by atoms with Crippen molar-refractivity contribution in [1.82, 2.24) is 0 Å². The van der Waals surface area contributed by atoms with Gasteiger partial charge in [-0.25, -0.2) is 4.79 Å². The lowest BCUT2D eigenvalue weighted by Crippen LogP contribution is -2.25. The van der Waals surface area contributed by atoms with Crippen LogP contribution in [-0.4, -0.2) is 35.5 Å². The molecule has 0 heterocycles. The standard InChI is InChI=1S/C10H11ClO4/c11-8-3-1-7(2-4-8)10(14)15-9(5-12)6-13/h1-4,9,12-13H,5-6H2. The molecule has 0 saturated heterocycles. The Bertz CT molecular complexity index is 319. The average Bonchev–Trinajstić information content (AvgIpc) is 2.26. The van der Waals surface area contributed by atoms with Gasteiger partial charge in [0.05, 0.1) is 18.8 Å². The van der Waals surface area contributed by atoms with Crippen LogP contribution in [0, 0.1) is 0 Å². The van der Waals surface area contributed by atoms with Crippen LogP contribution in [0.15, 0.2) is 24.3 Å². The number of hydrogen-bond donors (Lipinski definition) is 2. The molecule has 0 bridgehead atoms. The molecule has 0 radical (unpaired) electrons. The van der Waals surface area contributed by atoms with Crippen LogP contribution in [0.5, 0.6) is 0 Å². The highest BCUT2D eigenvalue weighted by Crippen LogP contribution is 2.11. The van der Waals surface area contributed by atoms with Crippen molar-refractivity contribution in [3.05, 3.63) is 34.9 Å². The summed E-state index contributed by atoms with van der Waals surface area (Å²) in [5.41, 5.74) is 0.325. The number of ether oxygens (including phenoxy) is 1. The molecular formula is C10H11ClO4. The predicted octanol–water partition coefficient (Wildman–Crippen LogP) is 0.850. The minimum atomic E-state index is -0.881. The first-order valence-corrected chi connectivity index (χ1v) is 4.73. The lowest BCUT2D eigenvalue weighted by molar-refractivity contribution is -0.00544. The topological polar surface area (TPSA) is 66.8 Å². The molecule has 15 heavy (non-hydrogen) atoms. The fraction of sp³-hybridized carbons (Fsp3) is 0.300. The molecule has 0 aliphatic heterocycles. The van der Waals surface area contributed by atoms with E-state index < -0.39 is 25.3 Å². The van der Waals surface area contributed by atoms with E-state index in [1.54, 1.807) is 12.1 Å². The summed E-state index contributed by atoms with van der Waals surface area (Å²) < 4.78 is 4.79. The number of carbonyl (C=O) groups excluding carboxylic acids is 1. The number of aliphatic hydroxyl groups is 2. The number of halogens is 1. The van der Waals surface area contributed by atoms with Gasteiger partial charge in [-0.2, -0.15) is 0 Å². The van der Waals surface area contributed by atoms with E-state index in [2.05, 4.69) is 0 Å². The van der Waals surface area contributed by atoms with Crippen LogP contribution in [-0.2, 0) is 4.74 Å². The third kappa shape index (κ3) is 3.51. The van der Waals surface area contributed by atoms with Crippen molar-refractivity contribution >= 4 is 17.6 Å². The maximum absolute atomic E-state index is 11.4. The van der Waals surface area contributed by atoms with Crippen LogP contribution in [0.3, 0.4) is 0 Å². The van der Waals surface area contributed by atoms with Crippen LogP contribution >= 0.6 is 11.6 Å². The Morgan fingerprint density at radius 2 is 1.80 bits per heavy atom. The fourth-order valence-corrected chi connectivity index (χ4v) is 1.06.